The molecule has 0 heterocycles. The largest absolute Gasteiger partial charge is 0.226 e. The lowest BCUT2D eigenvalue weighted by Crippen LogP contribution is -2.12. The highest BCUT2D eigenvalue weighted by Crippen LogP contribution is 2.32. The minimum absolute atomic E-state index is 0.357. The monoisotopic (exact) mass is 193 g/mol. The summed E-state index contributed by atoms with van der Waals surface area (Å²) in [5.74, 6) is 0. The highest BCUT2D eigenvalue weighted by Gasteiger charge is 2.22. The van der Waals surface area contributed by atoms with E-state index in [1.165, 1.54) is 22.2 Å². The van der Waals surface area contributed by atoms with E-state index in [-0.39, 0.29) is 0 Å². The normalized spacial score (nSPS) is 20.3. The van der Waals surface area contributed by atoms with Crippen LogP contribution in [-0.2, 0) is 6.42 Å². The summed E-state index contributed by atoms with van der Waals surface area (Å²) in [4.78, 5) is 2.84. The fraction of sp³-hybridized carbons (Fsp3) is 0.400. The maximum Gasteiger partial charge on any atom is 0.139 e. The third-order valence-corrected chi connectivity index (χ3v) is 3.36. The van der Waals surface area contributed by atoms with Crippen LogP contribution in [0.25, 0.3) is 0 Å². The summed E-state index contributed by atoms with van der Waals surface area (Å²) in [5.41, 5.74) is 5.71. The number of nitrogens with one attached hydrogen (secondary N) is 1. The molecule has 1 aromatic carbocycles. The number of rotatable bonds is 1. The van der Waals surface area contributed by atoms with Gasteiger partial charge in [0, 0.05) is 6.04 Å². The summed E-state index contributed by atoms with van der Waals surface area (Å²) in [6.07, 6.45) is 2.29. The average molecular weight is 193 g/mol. The van der Waals surface area contributed by atoms with E-state index in [2.05, 4.69) is 31.7 Å². The highest BCUT2D eigenvalue weighted by molar-refractivity contribution is 6.33. The summed E-state index contributed by atoms with van der Waals surface area (Å²) >= 11 is 5.68. The molecule has 0 saturated carbocycles. The Labute approximate surface area is 85.0 Å². The third kappa shape index (κ3) is 1.38. The van der Waals surface area contributed by atoms with Gasteiger partial charge in [-0.3, -0.25) is 0 Å². The molecule has 0 bridgehead atoms. The summed E-state index contributed by atoms with van der Waals surface area (Å²) in [7, 11) is 2.16. The number of fused-ring (bicyclic) bond motifs is 1. The molecule has 0 radical (unpaired) electrons. The van der Waals surface area contributed by atoms with Crippen molar-refractivity contribution in [3.05, 3.63) is 28.8 Å². The minimum atomic E-state index is 0.357. The highest BCUT2D eigenvalue weighted by atomic mass is 35.5. The fourth-order valence-electron chi connectivity index (χ4n) is 2.11. The summed E-state index contributed by atoms with van der Waals surface area (Å²) in [5, 5.41) is 0. The van der Waals surface area contributed by atoms with Gasteiger partial charge in [0.05, 0.1) is 0 Å². The number of hydrogen-bond acceptors (Lipinski definition) is 1. The molecule has 0 fully saturated rings. The van der Waals surface area contributed by atoms with Crippen LogP contribution in [0.3, 0.4) is 0 Å². The first kappa shape index (κ1) is 9.10. The maximum atomic E-state index is 5.68. The van der Waals surface area contributed by atoms with Crippen LogP contribution in [0.15, 0.2) is 12.1 Å². The predicted octanol–water partition coefficient (Wildman–Crippen LogP) is 0.984. The molecule has 3 heteroatoms. The zero-order valence-corrected chi connectivity index (χ0v) is 8.78. The molecule has 1 nitrogen and oxygen atoms in total. The molecule has 2 rings (SSSR count). The predicted molar refractivity (Wildman–Crippen MR) is 59.4 cm³/mol. The first-order valence-corrected chi connectivity index (χ1v) is 5.07. The van der Waals surface area contributed by atoms with Crippen LogP contribution < -0.4 is 10.3 Å². The van der Waals surface area contributed by atoms with E-state index in [1.54, 1.807) is 0 Å². The van der Waals surface area contributed by atoms with Gasteiger partial charge in [0.25, 0.3) is 0 Å². The molecule has 0 aromatic heterocycles. The van der Waals surface area contributed by atoms with E-state index in [4.69, 9.17) is 11.8 Å². The van der Waals surface area contributed by atoms with E-state index < -0.39 is 0 Å². The molecular formula is C10H13BClN. The Kier molecular flexibility index (Phi) is 2.35. The second-order valence-corrected chi connectivity index (χ2v) is 3.99. The van der Waals surface area contributed by atoms with Gasteiger partial charge in [0.15, 0.2) is 0 Å². The zero-order valence-electron chi connectivity index (χ0n) is 8.02. The molecule has 0 aliphatic heterocycles. The van der Waals surface area contributed by atoms with Gasteiger partial charge < -0.3 is 0 Å². The summed E-state index contributed by atoms with van der Waals surface area (Å²) < 4.78 is 0. The first-order chi connectivity index (χ1) is 6.24. The zero-order chi connectivity index (χ0) is 9.42. The van der Waals surface area contributed by atoms with Gasteiger partial charge in [-0.05, 0) is 42.7 Å². The van der Waals surface area contributed by atoms with Crippen molar-refractivity contribution in [2.24, 2.45) is 0 Å². The molecule has 1 aromatic rings. The molecule has 0 unspecified atom stereocenters. The van der Waals surface area contributed by atoms with E-state index >= 15 is 0 Å². The molecule has 1 aliphatic rings. The van der Waals surface area contributed by atoms with Crippen molar-refractivity contribution >= 4 is 25.1 Å². The van der Waals surface area contributed by atoms with Crippen molar-refractivity contribution in [3.8, 4) is 0 Å². The van der Waals surface area contributed by atoms with Gasteiger partial charge in [0.2, 0.25) is 0 Å². The molecule has 68 valence electrons. The molecule has 0 spiro atoms. The van der Waals surface area contributed by atoms with Crippen LogP contribution in [0, 0.1) is 6.92 Å². The Hall–Kier alpha value is -0.465. The Balaban J connectivity index is 2.50. The maximum absolute atomic E-state index is 5.68. The molecular weight excluding hydrogens is 180 g/mol. The van der Waals surface area contributed by atoms with Crippen molar-refractivity contribution in [3.63, 3.8) is 0 Å². The SMILES string of the molecule is Bc1ccc2c(c1C)CC[C@@H]2NCl. The van der Waals surface area contributed by atoms with Crippen molar-refractivity contribution in [2.45, 2.75) is 25.8 Å². The van der Waals surface area contributed by atoms with Crippen molar-refractivity contribution in [2.75, 3.05) is 0 Å². The lowest BCUT2D eigenvalue weighted by molar-refractivity contribution is 0.660. The third-order valence-electron chi connectivity index (χ3n) is 3.10. The van der Waals surface area contributed by atoms with Crippen LogP contribution in [-0.4, -0.2) is 7.85 Å². The number of benzene rings is 1. The first-order valence-electron chi connectivity index (χ1n) is 4.69. The Morgan fingerprint density at radius 2 is 2.31 bits per heavy atom. The van der Waals surface area contributed by atoms with Crippen LogP contribution in [0.5, 0.6) is 0 Å². The smallest absolute Gasteiger partial charge is 0.139 e. The molecule has 1 atom stereocenters. The van der Waals surface area contributed by atoms with E-state index in [0.29, 0.717) is 6.04 Å². The van der Waals surface area contributed by atoms with Gasteiger partial charge in [-0.25, -0.2) is 4.84 Å². The number of halogens is 1. The molecule has 0 amide bonds. The van der Waals surface area contributed by atoms with Crippen LogP contribution in [0.1, 0.15) is 29.2 Å². The van der Waals surface area contributed by atoms with E-state index in [0.717, 1.165) is 12.8 Å². The number of hydrogen-bond donors (Lipinski definition) is 1. The Morgan fingerprint density at radius 1 is 1.54 bits per heavy atom. The van der Waals surface area contributed by atoms with Crippen LogP contribution >= 0.6 is 11.8 Å². The average Bonchev–Trinajstić information content (AvgIpc) is 2.55. The van der Waals surface area contributed by atoms with Crippen LogP contribution in [0.2, 0.25) is 0 Å². The Morgan fingerprint density at radius 3 is 3.00 bits per heavy atom. The molecule has 13 heavy (non-hydrogen) atoms. The van der Waals surface area contributed by atoms with Gasteiger partial charge in [-0.2, -0.15) is 0 Å². The van der Waals surface area contributed by atoms with Crippen molar-refractivity contribution in [1.29, 1.82) is 0 Å². The van der Waals surface area contributed by atoms with Gasteiger partial charge in [-0.15, -0.1) is 0 Å². The van der Waals surface area contributed by atoms with Gasteiger partial charge >= 0.3 is 0 Å². The molecule has 1 aliphatic carbocycles. The standard InChI is InChI=1S/C10H13BClN/c1-6-7-3-5-10(13-12)8(7)2-4-9(6)11/h2,4,10,13H,3,5,11H2,1H3/t10-/m0/s1. The molecule has 0 saturated heterocycles. The second-order valence-electron chi connectivity index (χ2n) is 3.78. The van der Waals surface area contributed by atoms with Gasteiger partial charge in [0.1, 0.15) is 7.85 Å². The Bertz CT molecular complexity index is 338. The topological polar surface area (TPSA) is 12.0 Å². The molecule has 1 N–H and O–H groups in total. The van der Waals surface area contributed by atoms with Crippen LogP contribution in [0.4, 0.5) is 0 Å². The van der Waals surface area contributed by atoms with Crippen molar-refractivity contribution < 1.29 is 0 Å². The summed E-state index contributed by atoms with van der Waals surface area (Å²) in [6, 6.07) is 4.74. The van der Waals surface area contributed by atoms with Crippen molar-refractivity contribution in [1.82, 2.24) is 4.84 Å². The summed E-state index contributed by atoms with van der Waals surface area (Å²) in [6.45, 7) is 2.20. The second kappa shape index (κ2) is 3.35. The fourth-order valence-corrected chi connectivity index (χ4v) is 2.34. The lowest BCUT2D eigenvalue weighted by Gasteiger charge is -2.10. The van der Waals surface area contributed by atoms with E-state index in [9.17, 15) is 0 Å². The van der Waals surface area contributed by atoms with E-state index in [1.807, 2.05) is 0 Å². The van der Waals surface area contributed by atoms with Gasteiger partial charge in [-0.1, -0.05) is 23.2 Å². The quantitative estimate of drug-likeness (QED) is 0.518. The minimum Gasteiger partial charge on any atom is -0.226 e. The lowest BCUT2D eigenvalue weighted by atomic mass is 9.87.